The standard InChI is InChI=1S/C20H25F3N2O4/c1-19(2,3)29-18(27)25-12-10-15(11-13-25)24-17(26)9-8-14-6-4-5-7-16(14)28-20(21,22)23/h4-9,15H,10-13H2,1-3H3,(H,24,26)/b9-8+. The summed E-state index contributed by atoms with van der Waals surface area (Å²) in [6.45, 7) is 6.28. The van der Waals surface area contributed by atoms with Gasteiger partial charge in [0.05, 0.1) is 0 Å². The normalized spacial score (nSPS) is 16.0. The molecule has 0 unspecified atom stereocenters. The lowest BCUT2D eigenvalue weighted by atomic mass is 10.1. The Bertz CT molecular complexity index is 749. The second kappa shape index (κ2) is 9.19. The fraction of sp³-hybridized carbons (Fsp3) is 0.500. The summed E-state index contributed by atoms with van der Waals surface area (Å²) in [5.41, 5.74) is -0.432. The Balaban J connectivity index is 1.86. The number of benzene rings is 1. The average Bonchev–Trinajstić information content (AvgIpc) is 2.59. The number of piperidine rings is 1. The lowest BCUT2D eigenvalue weighted by Crippen LogP contribution is -2.47. The number of rotatable bonds is 4. The summed E-state index contributed by atoms with van der Waals surface area (Å²) in [6, 6.07) is 5.43. The van der Waals surface area contributed by atoms with Crippen LogP contribution in [0.4, 0.5) is 18.0 Å². The number of likely N-dealkylation sites (tertiary alicyclic amines) is 1. The summed E-state index contributed by atoms with van der Waals surface area (Å²) in [5.74, 6) is -0.808. The van der Waals surface area contributed by atoms with Crippen LogP contribution in [0.1, 0.15) is 39.2 Å². The highest BCUT2D eigenvalue weighted by Gasteiger charge is 2.32. The van der Waals surface area contributed by atoms with Crippen LogP contribution >= 0.6 is 0 Å². The molecule has 1 aromatic rings. The monoisotopic (exact) mass is 414 g/mol. The van der Waals surface area contributed by atoms with Gasteiger partial charge in [0.25, 0.3) is 0 Å². The number of para-hydroxylation sites is 1. The van der Waals surface area contributed by atoms with Crippen molar-refractivity contribution in [2.75, 3.05) is 13.1 Å². The Labute approximate surface area is 167 Å². The van der Waals surface area contributed by atoms with Crippen LogP contribution in [0.2, 0.25) is 0 Å². The van der Waals surface area contributed by atoms with Crippen molar-refractivity contribution < 1.29 is 32.2 Å². The van der Waals surface area contributed by atoms with Crippen LogP contribution in [0.15, 0.2) is 30.3 Å². The van der Waals surface area contributed by atoms with Crippen molar-refractivity contribution in [2.24, 2.45) is 0 Å². The van der Waals surface area contributed by atoms with Gasteiger partial charge < -0.3 is 19.7 Å². The largest absolute Gasteiger partial charge is 0.573 e. The van der Waals surface area contributed by atoms with Crippen molar-refractivity contribution in [2.45, 2.75) is 51.6 Å². The zero-order valence-corrected chi connectivity index (χ0v) is 16.6. The average molecular weight is 414 g/mol. The highest BCUT2D eigenvalue weighted by atomic mass is 19.4. The maximum absolute atomic E-state index is 12.4. The first-order chi connectivity index (χ1) is 13.4. The molecule has 160 valence electrons. The molecule has 1 N–H and O–H groups in total. The molecule has 0 atom stereocenters. The molecule has 29 heavy (non-hydrogen) atoms. The Morgan fingerprint density at radius 3 is 2.34 bits per heavy atom. The first-order valence-electron chi connectivity index (χ1n) is 9.24. The van der Waals surface area contributed by atoms with Gasteiger partial charge in [0, 0.05) is 30.8 Å². The molecule has 1 saturated heterocycles. The minimum absolute atomic E-state index is 0.132. The van der Waals surface area contributed by atoms with Crippen molar-refractivity contribution in [3.05, 3.63) is 35.9 Å². The Hall–Kier alpha value is -2.71. The predicted octanol–water partition coefficient (Wildman–Crippen LogP) is 4.11. The number of amides is 2. The van der Waals surface area contributed by atoms with Gasteiger partial charge in [-0.3, -0.25) is 4.79 Å². The van der Waals surface area contributed by atoms with Crippen molar-refractivity contribution in [1.29, 1.82) is 0 Å². The summed E-state index contributed by atoms with van der Waals surface area (Å²) < 4.78 is 46.6. The molecule has 1 heterocycles. The molecule has 9 heteroatoms. The Kier molecular flexibility index (Phi) is 7.16. The second-order valence-corrected chi connectivity index (χ2v) is 7.67. The van der Waals surface area contributed by atoms with Crippen LogP contribution in [0.3, 0.4) is 0 Å². The van der Waals surface area contributed by atoms with E-state index in [0.717, 1.165) is 0 Å². The zero-order chi connectivity index (χ0) is 21.7. The molecule has 0 aromatic heterocycles. The molecule has 0 spiro atoms. The van der Waals surface area contributed by atoms with Gasteiger partial charge in [0.2, 0.25) is 5.91 Å². The number of hydrogen-bond donors (Lipinski definition) is 1. The molecule has 1 aliphatic heterocycles. The van der Waals surface area contributed by atoms with Gasteiger partial charge in [-0.25, -0.2) is 4.79 Å². The molecule has 2 amide bonds. The molecule has 6 nitrogen and oxygen atoms in total. The topological polar surface area (TPSA) is 67.9 Å². The molecule has 0 aliphatic carbocycles. The number of alkyl halides is 3. The fourth-order valence-electron chi connectivity index (χ4n) is 2.78. The molecule has 0 saturated carbocycles. The number of carbonyl (C=O) groups excluding carboxylic acids is 2. The first-order valence-corrected chi connectivity index (χ1v) is 9.24. The number of carbonyl (C=O) groups is 2. The molecular formula is C20H25F3N2O4. The van der Waals surface area contributed by atoms with Gasteiger partial charge in [-0.05, 0) is 45.8 Å². The van der Waals surface area contributed by atoms with Gasteiger partial charge in [0.1, 0.15) is 11.4 Å². The predicted molar refractivity (Wildman–Crippen MR) is 101 cm³/mol. The molecule has 1 fully saturated rings. The quantitative estimate of drug-likeness (QED) is 0.753. The molecule has 2 rings (SSSR count). The van der Waals surface area contributed by atoms with E-state index in [4.69, 9.17) is 4.74 Å². The van der Waals surface area contributed by atoms with Crippen LogP contribution in [-0.2, 0) is 9.53 Å². The number of hydrogen-bond acceptors (Lipinski definition) is 4. The van der Waals surface area contributed by atoms with Crippen molar-refractivity contribution in [3.63, 3.8) is 0 Å². The Morgan fingerprint density at radius 1 is 1.14 bits per heavy atom. The van der Waals surface area contributed by atoms with E-state index in [9.17, 15) is 22.8 Å². The van der Waals surface area contributed by atoms with Gasteiger partial charge in [0.15, 0.2) is 0 Å². The van der Waals surface area contributed by atoms with Crippen LogP contribution in [0, 0.1) is 0 Å². The highest BCUT2D eigenvalue weighted by Crippen LogP contribution is 2.27. The molecule has 0 bridgehead atoms. The zero-order valence-electron chi connectivity index (χ0n) is 16.6. The fourth-order valence-corrected chi connectivity index (χ4v) is 2.78. The maximum atomic E-state index is 12.4. The second-order valence-electron chi connectivity index (χ2n) is 7.67. The molecule has 1 aromatic carbocycles. The summed E-state index contributed by atoms with van der Waals surface area (Å²) in [4.78, 5) is 25.8. The maximum Gasteiger partial charge on any atom is 0.573 e. The van der Waals surface area contributed by atoms with Crippen LogP contribution in [0.25, 0.3) is 6.08 Å². The Morgan fingerprint density at radius 2 is 1.76 bits per heavy atom. The number of nitrogens with zero attached hydrogens (tertiary/aromatic N) is 1. The van der Waals surface area contributed by atoms with Crippen LogP contribution in [0.5, 0.6) is 5.75 Å². The smallest absolute Gasteiger partial charge is 0.444 e. The number of nitrogens with one attached hydrogen (secondary N) is 1. The lowest BCUT2D eigenvalue weighted by Gasteiger charge is -2.33. The van der Waals surface area contributed by atoms with Gasteiger partial charge in [-0.1, -0.05) is 18.2 Å². The first kappa shape index (κ1) is 22.6. The van der Waals surface area contributed by atoms with E-state index in [1.54, 1.807) is 31.7 Å². The van der Waals surface area contributed by atoms with Crippen molar-refractivity contribution in [3.8, 4) is 5.75 Å². The van der Waals surface area contributed by atoms with E-state index in [-0.39, 0.29) is 23.4 Å². The third-order valence-electron chi connectivity index (χ3n) is 4.05. The van der Waals surface area contributed by atoms with Crippen LogP contribution in [-0.4, -0.2) is 48.0 Å². The van der Waals surface area contributed by atoms with E-state index in [2.05, 4.69) is 10.1 Å². The third kappa shape index (κ3) is 8.05. The SMILES string of the molecule is CC(C)(C)OC(=O)N1CCC(NC(=O)/C=C/c2ccccc2OC(F)(F)F)CC1. The van der Waals surface area contributed by atoms with E-state index in [0.29, 0.717) is 25.9 Å². The summed E-state index contributed by atoms with van der Waals surface area (Å²) in [6.07, 6.45) is -1.64. The highest BCUT2D eigenvalue weighted by molar-refractivity contribution is 5.92. The van der Waals surface area contributed by atoms with Crippen molar-refractivity contribution in [1.82, 2.24) is 10.2 Å². The van der Waals surface area contributed by atoms with Gasteiger partial charge in [-0.2, -0.15) is 0 Å². The van der Waals surface area contributed by atoms with E-state index in [1.807, 2.05) is 0 Å². The molecular weight excluding hydrogens is 389 g/mol. The van der Waals surface area contributed by atoms with E-state index >= 15 is 0 Å². The minimum atomic E-state index is -4.81. The third-order valence-corrected chi connectivity index (χ3v) is 4.05. The minimum Gasteiger partial charge on any atom is -0.444 e. The van der Waals surface area contributed by atoms with Crippen molar-refractivity contribution >= 4 is 18.1 Å². The summed E-state index contributed by atoms with van der Waals surface area (Å²) in [5, 5.41) is 2.80. The van der Waals surface area contributed by atoms with Gasteiger partial charge in [-0.15, -0.1) is 13.2 Å². The number of ether oxygens (including phenoxy) is 2. The molecule has 0 radical (unpaired) electrons. The lowest BCUT2D eigenvalue weighted by molar-refractivity contribution is -0.274. The number of halogens is 3. The summed E-state index contributed by atoms with van der Waals surface area (Å²) in [7, 11) is 0. The van der Waals surface area contributed by atoms with Crippen LogP contribution < -0.4 is 10.1 Å². The van der Waals surface area contributed by atoms with E-state index in [1.165, 1.54) is 30.4 Å². The van der Waals surface area contributed by atoms with Gasteiger partial charge >= 0.3 is 12.5 Å². The summed E-state index contributed by atoms with van der Waals surface area (Å²) >= 11 is 0. The molecule has 1 aliphatic rings. The van der Waals surface area contributed by atoms with E-state index < -0.39 is 17.9 Å².